The fourth-order valence-corrected chi connectivity index (χ4v) is 5.80. The average molecular weight is 611 g/mol. The van der Waals surface area contributed by atoms with Crippen LogP contribution in [0.4, 0.5) is 5.69 Å². The number of carbonyl (C=O) groups is 2. The highest BCUT2D eigenvalue weighted by atomic mass is 35.5. The normalized spacial score (nSPS) is 12.2. The van der Waals surface area contributed by atoms with Crippen molar-refractivity contribution in [1.29, 1.82) is 0 Å². The van der Waals surface area contributed by atoms with Crippen LogP contribution in [-0.2, 0) is 26.2 Å². The van der Waals surface area contributed by atoms with Crippen LogP contribution in [0.1, 0.15) is 26.3 Å². The Balaban J connectivity index is 2.02. The monoisotopic (exact) mass is 609 g/mol. The zero-order valence-electron chi connectivity index (χ0n) is 21.8. The zero-order chi connectivity index (χ0) is 28.7. The van der Waals surface area contributed by atoms with Crippen molar-refractivity contribution in [3.8, 4) is 0 Å². The number of nitrogens with zero attached hydrogens (tertiary/aromatic N) is 2. The average Bonchev–Trinajstić information content (AvgIpc) is 2.90. The summed E-state index contributed by atoms with van der Waals surface area (Å²) in [5.41, 5.74) is 0.734. The molecule has 1 atom stereocenters. The van der Waals surface area contributed by atoms with Gasteiger partial charge in [-0.1, -0.05) is 72.9 Å². The van der Waals surface area contributed by atoms with E-state index in [0.29, 0.717) is 27.2 Å². The van der Waals surface area contributed by atoms with Crippen molar-refractivity contribution in [1.82, 2.24) is 10.2 Å². The molecule has 3 rings (SSSR count). The molecule has 3 aromatic rings. The maximum Gasteiger partial charge on any atom is 0.264 e. The van der Waals surface area contributed by atoms with Crippen molar-refractivity contribution in [2.24, 2.45) is 5.92 Å². The number of para-hydroxylation sites is 1. The van der Waals surface area contributed by atoms with Crippen LogP contribution in [0.2, 0.25) is 15.1 Å². The van der Waals surface area contributed by atoms with Crippen LogP contribution in [0.15, 0.2) is 77.7 Å². The van der Waals surface area contributed by atoms with E-state index in [4.69, 9.17) is 34.8 Å². The van der Waals surface area contributed by atoms with Crippen LogP contribution in [0, 0.1) is 5.92 Å². The van der Waals surface area contributed by atoms with Crippen LogP contribution in [0.3, 0.4) is 0 Å². The SMILES string of the molecule is CC(C)CNC(=O)[C@H](C)N(Cc1c(Cl)cccc1Cl)C(=O)CN(c1ccccc1)S(=O)(=O)c1ccc(Cl)cc1. The first-order valence-electron chi connectivity index (χ1n) is 12.2. The summed E-state index contributed by atoms with van der Waals surface area (Å²) in [5.74, 6) is -0.798. The number of rotatable bonds is 11. The predicted octanol–water partition coefficient (Wildman–Crippen LogP) is 6.03. The van der Waals surface area contributed by atoms with Crippen LogP contribution < -0.4 is 9.62 Å². The van der Waals surface area contributed by atoms with E-state index in [1.54, 1.807) is 55.5 Å². The van der Waals surface area contributed by atoms with Gasteiger partial charge in [-0.3, -0.25) is 13.9 Å². The van der Waals surface area contributed by atoms with Crippen molar-refractivity contribution in [2.75, 3.05) is 17.4 Å². The molecule has 7 nitrogen and oxygen atoms in total. The number of hydrogen-bond donors (Lipinski definition) is 1. The highest BCUT2D eigenvalue weighted by molar-refractivity contribution is 7.92. The molecular weight excluding hydrogens is 581 g/mol. The molecule has 0 aliphatic carbocycles. The van der Waals surface area contributed by atoms with Gasteiger partial charge in [0.2, 0.25) is 11.8 Å². The highest BCUT2D eigenvalue weighted by Crippen LogP contribution is 2.28. The molecule has 0 heterocycles. The molecule has 0 aliphatic heterocycles. The third-order valence-electron chi connectivity index (χ3n) is 5.97. The molecule has 2 amide bonds. The van der Waals surface area contributed by atoms with Crippen molar-refractivity contribution >= 4 is 62.3 Å². The van der Waals surface area contributed by atoms with Crippen LogP contribution in [-0.4, -0.2) is 44.3 Å². The summed E-state index contributed by atoms with van der Waals surface area (Å²) in [6.45, 7) is 5.24. The highest BCUT2D eigenvalue weighted by Gasteiger charge is 2.33. The molecule has 0 radical (unpaired) electrons. The number of benzene rings is 3. The van der Waals surface area contributed by atoms with Crippen LogP contribution in [0.25, 0.3) is 0 Å². The maximum atomic E-state index is 13.9. The Morgan fingerprint density at radius 2 is 1.44 bits per heavy atom. The number of hydrogen-bond acceptors (Lipinski definition) is 4. The van der Waals surface area contributed by atoms with Crippen molar-refractivity contribution in [3.05, 3.63) is 93.4 Å². The first-order valence-corrected chi connectivity index (χ1v) is 14.8. The van der Waals surface area contributed by atoms with E-state index < -0.39 is 28.5 Å². The topological polar surface area (TPSA) is 86.8 Å². The van der Waals surface area contributed by atoms with Gasteiger partial charge in [-0.05, 0) is 61.4 Å². The quantitative estimate of drug-likeness (QED) is 0.287. The fraction of sp³-hybridized carbons (Fsp3) is 0.286. The second kappa shape index (κ2) is 13.5. The first kappa shape index (κ1) is 30.8. The molecule has 0 saturated carbocycles. The lowest BCUT2D eigenvalue weighted by Crippen LogP contribution is -2.51. The fourth-order valence-electron chi connectivity index (χ4n) is 3.75. The Kier molecular flexibility index (Phi) is 10.7. The number of nitrogens with one attached hydrogen (secondary N) is 1. The van der Waals surface area contributed by atoms with Gasteiger partial charge in [0.15, 0.2) is 0 Å². The Morgan fingerprint density at radius 3 is 2.00 bits per heavy atom. The maximum absolute atomic E-state index is 13.9. The van der Waals surface area contributed by atoms with E-state index >= 15 is 0 Å². The molecule has 0 fully saturated rings. The lowest BCUT2D eigenvalue weighted by molar-refractivity contribution is -0.139. The van der Waals surface area contributed by atoms with E-state index in [2.05, 4.69) is 5.32 Å². The third kappa shape index (κ3) is 7.88. The zero-order valence-corrected chi connectivity index (χ0v) is 24.9. The number of halogens is 3. The lowest BCUT2D eigenvalue weighted by atomic mass is 10.1. The Labute approximate surface area is 244 Å². The molecule has 0 aliphatic rings. The largest absolute Gasteiger partial charge is 0.354 e. The van der Waals surface area contributed by atoms with Crippen molar-refractivity contribution < 1.29 is 18.0 Å². The van der Waals surface area contributed by atoms with Gasteiger partial charge in [0, 0.05) is 33.7 Å². The molecule has 3 aromatic carbocycles. The van der Waals surface area contributed by atoms with E-state index in [1.165, 1.54) is 29.2 Å². The Hall–Kier alpha value is -2.78. The van der Waals surface area contributed by atoms with Crippen LogP contribution in [0.5, 0.6) is 0 Å². The minimum Gasteiger partial charge on any atom is -0.354 e. The molecule has 208 valence electrons. The molecule has 0 unspecified atom stereocenters. The number of anilines is 1. The Bertz CT molecular complexity index is 1380. The van der Waals surface area contributed by atoms with Gasteiger partial charge in [-0.2, -0.15) is 0 Å². The van der Waals surface area contributed by atoms with Gasteiger partial charge in [0.05, 0.1) is 10.6 Å². The molecule has 0 saturated heterocycles. The predicted molar refractivity (Wildman–Crippen MR) is 157 cm³/mol. The van der Waals surface area contributed by atoms with Crippen molar-refractivity contribution in [3.63, 3.8) is 0 Å². The van der Waals surface area contributed by atoms with Gasteiger partial charge >= 0.3 is 0 Å². The second-order valence-electron chi connectivity index (χ2n) is 9.34. The summed E-state index contributed by atoms with van der Waals surface area (Å²) in [7, 11) is -4.18. The van der Waals surface area contributed by atoms with E-state index in [0.717, 1.165) is 4.31 Å². The number of amides is 2. The smallest absolute Gasteiger partial charge is 0.264 e. The van der Waals surface area contributed by atoms with E-state index in [1.807, 2.05) is 13.8 Å². The second-order valence-corrected chi connectivity index (χ2v) is 12.5. The minimum absolute atomic E-state index is 0.0352. The van der Waals surface area contributed by atoms with E-state index in [9.17, 15) is 18.0 Å². The Morgan fingerprint density at radius 1 is 0.846 bits per heavy atom. The third-order valence-corrected chi connectivity index (χ3v) is 8.71. The van der Waals surface area contributed by atoms with Gasteiger partial charge in [-0.25, -0.2) is 8.42 Å². The summed E-state index contributed by atoms with van der Waals surface area (Å²) < 4.78 is 28.5. The van der Waals surface area contributed by atoms with E-state index in [-0.39, 0.29) is 29.0 Å². The summed E-state index contributed by atoms with van der Waals surface area (Å²) in [4.78, 5) is 28.2. The molecule has 1 N–H and O–H groups in total. The van der Waals surface area contributed by atoms with Gasteiger partial charge in [-0.15, -0.1) is 0 Å². The molecule has 39 heavy (non-hydrogen) atoms. The minimum atomic E-state index is -4.18. The van der Waals surface area contributed by atoms with Crippen molar-refractivity contribution in [2.45, 2.75) is 38.3 Å². The van der Waals surface area contributed by atoms with Gasteiger partial charge in [0.25, 0.3) is 10.0 Å². The van der Waals surface area contributed by atoms with Crippen LogP contribution >= 0.6 is 34.8 Å². The molecule has 0 spiro atoms. The summed E-state index contributed by atoms with van der Waals surface area (Å²) in [5, 5.41) is 3.86. The molecule has 0 bridgehead atoms. The molecule has 11 heteroatoms. The number of sulfonamides is 1. The lowest BCUT2D eigenvalue weighted by Gasteiger charge is -2.32. The summed E-state index contributed by atoms with van der Waals surface area (Å²) in [6, 6.07) is 18.0. The molecule has 0 aromatic heterocycles. The standard InChI is InChI=1S/C28H30Cl3N3O4S/c1-19(2)16-32-28(36)20(3)33(17-24-25(30)10-7-11-26(24)31)27(35)18-34(22-8-5-4-6-9-22)39(37,38)23-14-12-21(29)13-15-23/h4-15,19-20H,16-18H2,1-3H3,(H,32,36)/t20-/m0/s1. The number of carbonyl (C=O) groups excluding carboxylic acids is 2. The summed E-state index contributed by atoms with van der Waals surface area (Å²) >= 11 is 18.8. The van der Waals surface area contributed by atoms with Gasteiger partial charge in [0.1, 0.15) is 12.6 Å². The summed E-state index contributed by atoms with van der Waals surface area (Å²) in [6.07, 6.45) is 0. The molecular formula is C28H30Cl3N3O4S. The van der Waals surface area contributed by atoms with Gasteiger partial charge < -0.3 is 10.2 Å². The first-order chi connectivity index (χ1) is 18.4.